The first-order chi connectivity index (χ1) is 9.56. The fraction of sp³-hybridized carbons (Fsp3) is 0.400. The quantitative estimate of drug-likeness (QED) is 0.871. The Morgan fingerprint density at radius 1 is 1.55 bits per heavy atom. The molecule has 1 N–H and O–H groups in total. The first-order valence-corrected chi connectivity index (χ1v) is 7.01. The number of rotatable bonds is 3. The molecule has 20 heavy (non-hydrogen) atoms. The van der Waals surface area contributed by atoms with Gasteiger partial charge in [-0.05, 0) is 37.1 Å². The van der Waals surface area contributed by atoms with Crippen LogP contribution in [-0.4, -0.2) is 36.9 Å². The summed E-state index contributed by atoms with van der Waals surface area (Å²) in [5, 5.41) is 9.19. The number of carboxylic acid groups (broad SMARTS) is 1. The highest BCUT2D eigenvalue weighted by atomic mass is 35.5. The molecule has 1 aromatic carbocycles. The van der Waals surface area contributed by atoms with Crippen molar-refractivity contribution in [2.75, 3.05) is 24.6 Å². The van der Waals surface area contributed by atoms with Gasteiger partial charge in [-0.2, -0.15) is 0 Å². The largest absolute Gasteiger partial charge is 0.478 e. The molecule has 1 aromatic rings. The maximum Gasteiger partial charge on any atom is 0.328 e. The minimum Gasteiger partial charge on any atom is -0.478 e. The Hall–Kier alpha value is -1.52. The molecule has 0 amide bonds. The zero-order valence-electron chi connectivity index (χ0n) is 11.4. The molecule has 0 aromatic heterocycles. The van der Waals surface area contributed by atoms with E-state index in [0.29, 0.717) is 10.6 Å². The van der Waals surface area contributed by atoms with E-state index in [1.807, 2.05) is 18.2 Å². The van der Waals surface area contributed by atoms with Crippen molar-refractivity contribution in [1.29, 1.82) is 0 Å². The van der Waals surface area contributed by atoms with Crippen LogP contribution in [0.25, 0.3) is 6.08 Å². The molecule has 1 heterocycles. The molecule has 1 saturated heterocycles. The number of aliphatic carboxylic acids is 1. The normalized spacial score (nSPS) is 20.1. The van der Waals surface area contributed by atoms with Crippen LogP contribution in [0.3, 0.4) is 0 Å². The maximum atomic E-state index is 10.5. The minimum atomic E-state index is -0.983. The van der Waals surface area contributed by atoms with Crippen molar-refractivity contribution in [1.82, 2.24) is 0 Å². The summed E-state index contributed by atoms with van der Waals surface area (Å²) in [6.45, 7) is 4.61. The van der Waals surface area contributed by atoms with Crippen LogP contribution >= 0.6 is 11.6 Å². The summed E-state index contributed by atoms with van der Waals surface area (Å²) >= 11 is 6.21. The lowest BCUT2D eigenvalue weighted by Crippen LogP contribution is -2.30. The highest BCUT2D eigenvalue weighted by molar-refractivity contribution is 6.32. The number of carbonyl (C=O) groups is 1. The second-order valence-electron chi connectivity index (χ2n) is 4.86. The van der Waals surface area contributed by atoms with Crippen molar-refractivity contribution < 1.29 is 14.6 Å². The van der Waals surface area contributed by atoms with E-state index in [0.717, 1.165) is 37.9 Å². The van der Waals surface area contributed by atoms with Crippen molar-refractivity contribution in [2.24, 2.45) is 0 Å². The Bertz CT molecular complexity index is 516. The van der Waals surface area contributed by atoms with E-state index in [4.69, 9.17) is 21.4 Å². The lowest BCUT2D eigenvalue weighted by molar-refractivity contribution is -0.131. The average Bonchev–Trinajstić information content (AvgIpc) is 2.62. The Balaban J connectivity index is 2.17. The lowest BCUT2D eigenvalue weighted by atomic mass is 10.1. The number of halogens is 1. The first kappa shape index (κ1) is 14.9. The van der Waals surface area contributed by atoms with E-state index in [1.165, 1.54) is 6.08 Å². The summed E-state index contributed by atoms with van der Waals surface area (Å²) in [6.07, 6.45) is 3.77. The van der Waals surface area contributed by atoms with E-state index >= 15 is 0 Å². The zero-order chi connectivity index (χ0) is 14.5. The van der Waals surface area contributed by atoms with Gasteiger partial charge in [-0.3, -0.25) is 0 Å². The molecule has 108 valence electrons. The average molecular weight is 296 g/mol. The van der Waals surface area contributed by atoms with Crippen molar-refractivity contribution in [3.63, 3.8) is 0 Å². The van der Waals surface area contributed by atoms with Crippen LogP contribution in [0.5, 0.6) is 0 Å². The SMILES string of the molecule is CC1CN(c2ccc(/C=C/C(=O)O)c(Cl)c2)CCCO1. The highest BCUT2D eigenvalue weighted by Crippen LogP contribution is 2.26. The third-order valence-corrected chi connectivity index (χ3v) is 3.53. The van der Waals surface area contributed by atoms with Crippen LogP contribution in [0.1, 0.15) is 18.9 Å². The Morgan fingerprint density at radius 3 is 3.05 bits per heavy atom. The maximum absolute atomic E-state index is 10.5. The van der Waals surface area contributed by atoms with E-state index in [-0.39, 0.29) is 6.10 Å². The van der Waals surface area contributed by atoms with Crippen molar-refractivity contribution >= 4 is 29.3 Å². The fourth-order valence-corrected chi connectivity index (χ4v) is 2.48. The van der Waals surface area contributed by atoms with Crippen molar-refractivity contribution in [2.45, 2.75) is 19.4 Å². The van der Waals surface area contributed by atoms with E-state index in [2.05, 4.69) is 11.8 Å². The molecule has 1 atom stereocenters. The molecule has 1 aliphatic rings. The number of anilines is 1. The number of hydrogen-bond acceptors (Lipinski definition) is 3. The van der Waals surface area contributed by atoms with Crippen LogP contribution < -0.4 is 4.90 Å². The van der Waals surface area contributed by atoms with Gasteiger partial charge in [0.05, 0.1) is 6.10 Å². The molecule has 0 bridgehead atoms. The van der Waals surface area contributed by atoms with Gasteiger partial charge in [-0.1, -0.05) is 17.7 Å². The van der Waals surface area contributed by atoms with Gasteiger partial charge in [-0.15, -0.1) is 0 Å². The van der Waals surface area contributed by atoms with Crippen LogP contribution in [0, 0.1) is 0 Å². The molecular formula is C15H18ClNO3. The van der Waals surface area contributed by atoms with Crippen LogP contribution in [0.15, 0.2) is 24.3 Å². The summed E-state index contributed by atoms with van der Waals surface area (Å²) in [5.41, 5.74) is 1.75. The predicted molar refractivity (Wildman–Crippen MR) is 80.4 cm³/mol. The van der Waals surface area contributed by atoms with Crippen molar-refractivity contribution in [3.8, 4) is 0 Å². The van der Waals surface area contributed by atoms with E-state index < -0.39 is 5.97 Å². The monoisotopic (exact) mass is 295 g/mol. The van der Waals surface area contributed by atoms with Crippen LogP contribution in [0.2, 0.25) is 5.02 Å². The molecule has 1 aliphatic heterocycles. The topological polar surface area (TPSA) is 49.8 Å². The fourth-order valence-electron chi connectivity index (χ4n) is 2.24. The molecule has 1 fully saturated rings. The Morgan fingerprint density at radius 2 is 2.35 bits per heavy atom. The number of carboxylic acids is 1. The van der Waals surface area contributed by atoms with E-state index in [9.17, 15) is 4.79 Å². The number of nitrogens with zero attached hydrogens (tertiary/aromatic N) is 1. The van der Waals surface area contributed by atoms with Crippen LogP contribution in [-0.2, 0) is 9.53 Å². The smallest absolute Gasteiger partial charge is 0.328 e. The van der Waals surface area contributed by atoms with Gasteiger partial charge in [-0.25, -0.2) is 4.79 Å². The molecule has 2 rings (SSSR count). The molecule has 5 heteroatoms. The number of hydrogen-bond donors (Lipinski definition) is 1. The second-order valence-corrected chi connectivity index (χ2v) is 5.27. The van der Waals surface area contributed by atoms with Crippen molar-refractivity contribution in [3.05, 3.63) is 34.9 Å². The van der Waals surface area contributed by atoms with Gasteiger partial charge in [0.2, 0.25) is 0 Å². The third-order valence-electron chi connectivity index (χ3n) is 3.21. The van der Waals surface area contributed by atoms with Gasteiger partial charge in [0.25, 0.3) is 0 Å². The molecule has 0 spiro atoms. The highest BCUT2D eigenvalue weighted by Gasteiger charge is 2.16. The lowest BCUT2D eigenvalue weighted by Gasteiger charge is -2.24. The molecule has 0 saturated carbocycles. The van der Waals surface area contributed by atoms with Gasteiger partial charge < -0.3 is 14.7 Å². The molecule has 0 aliphatic carbocycles. The summed E-state index contributed by atoms with van der Waals surface area (Å²) < 4.78 is 5.62. The van der Waals surface area contributed by atoms with Gasteiger partial charge in [0.1, 0.15) is 0 Å². The minimum absolute atomic E-state index is 0.197. The summed E-state index contributed by atoms with van der Waals surface area (Å²) in [6, 6.07) is 5.68. The Kier molecular flexibility index (Phi) is 5.04. The summed E-state index contributed by atoms with van der Waals surface area (Å²) in [4.78, 5) is 12.8. The van der Waals surface area contributed by atoms with Gasteiger partial charge in [0, 0.05) is 36.5 Å². The predicted octanol–water partition coefficient (Wildman–Crippen LogP) is 3.05. The Labute approximate surface area is 123 Å². The third kappa shape index (κ3) is 3.99. The summed E-state index contributed by atoms with van der Waals surface area (Å²) in [5.74, 6) is -0.983. The molecular weight excluding hydrogens is 278 g/mol. The molecule has 0 radical (unpaired) electrons. The molecule has 4 nitrogen and oxygen atoms in total. The van der Waals surface area contributed by atoms with Gasteiger partial charge >= 0.3 is 5.97 Å². The molecule has 1 unspecified atom stereocenters. The van der Waals surface area contributed by atoms with E-state index in [1.54, 1.807) is 0 Å². The van der Waals surface area contributed by atoms with Gasteiger partial charge in [0.15, 0.2) is 0 Å². The standard InChI is InChI=1S/C15H18ClNO3/c1-11-10-17(7-2-8-20-11)13-5-3-12(14(16)9-13)4-6-15(18)19/h3-6,9,11H,2,7-8,10H2,1H3,(H,18,19)/b6-4+. The van der Waals surface area contributed by atoms with Crippen LogP contribution in [0.4, 0.5) is 5.69 Å². The summed E-state index contributed by atoms with van der Waals surface area (Å²) in [7, 11) is 0. The zero-order valence-corrected chi connectivity index (χ0v) is 12.1. The number of benzene rings is 1. The second kappa shape index (κ2) is 6.77. The number of ether oxygens (including phenoxy) is 1. The first-order valence-electron chi connectivity index (χ1n) is 6.63.